The maximum absolute atomic E-state index is 5.49. The highest BCUT2D eigenvalue weighted by Crippen LogP contribution is 2.46. The Kier molecular flexibility index (Phi) is 2.50. The van der Waals surface area contributed by atoms with E-state index in [1.54, 1.807) is 12.4 Å². The first-order valence-corrected chi connectivity index (χ1v) is 5.83. The monoisotopic (exact) mass is 210 g/mol. The van der Waals surface area contributed by atoms with Gasteiger partial charge < -0.3 is 11.1 Å². The first-order chi connectivity index (χ1) is 6.74. The fourth-order valence-corrected chi connectivity index (χ4v) is 1.99. The van der Waals surface area contributed by atoms with Gasteiger partial charge in [-0.15, -0.1) is 0 Å². The number of thioether (sulfide) groups is 1. The Balaban J connectivity index is 1.89. The summed E-state index contributed by atoms with van der Waals surface area (Å²) < 4.78 is 0.435. The summed E-state index contributed by atoms with van der Waals surface area (Å²) in [6.07, 6.45) is 7.97. The lowest BCUT2D eigenvalue weighted by Crippen LogP contribution is -2.18. The quantitative estimate of drug-likeness (QED) is 0.785. The molecule has 14 heavy (non-hydrogen) atoms. The third-order valence-corrected chi connectivity index (χ3v) is 3.90. The Hall–Kier alpha value is -0.970. The van der Waals surface area contributed by atoms with Gasteiger partial charge in [0.15, 0.2) is 0 Å². The van der Waals surface area contributed by atoms with E-state index in [2.05, 4.69) is 21.5 Å². The zero-order valence-corrected chi connectivity index (χ0v) is 8.97. The smallest absolute Gasteiger partial charge is 0.222 e. The van der Waals surface area contributed by atoms with Crippen LogP contribution in [-0.4, -0.2) is 27.5 Å². The second kappa shape index (κ2) is 3.65. The summed E-state index contributed by atoms with van der Waals surface area (Å²) in [5.74, 6) is 0.666. The number of nitrogens with one attached hydrogen (secondary N) is 1. The summed E-state index contributed by atoms with van der Waals surface area (Å²) in [5, 5.41) is 3.23. The van der Waals surface area contributed by atoms with Gasteiger partial charge in [0.1, 0.15) is 0 Å². The number of hydrogen-bond acceptors (Lipinski definition) is 5. The van der Waals surface area contributed by atoms with Gasteiger partial charge in [-0.3, -0.25) is 0 Å². The van der Waals surface area contributed by atoms with Crippen molar-refractivity contribution < 1.29 is 0 Å². The average Bonchev–Trinajstić information content (AvgIpc) is 2.98. The molecule has 1 aromatic rings. The molecule has 4 nitrogen and oxygen atoms in total. The van der Waals surface area contributed by atoms with E-state index in [-0.39, 0.29) is 0 Å². The molecule has 1 fully saturated rings. The number of nitrogen functional groups attached to an aromatic ring is 1. The summed E-state index contributed by atoms with van der Waals surface area (Å²) >= 11 is 1.92. The lowest BCUT2D eigenvalue weighted by Gasteiger charge is -2.12. The highest BCUT2D eigenvalue weighted by molar-refractivity contribution is 8.00. The van der Waals surface area contributed by atoms with E-state index in [0.29, 0.717) is 16.4 Å². The van der Waals surface area contributed by atoms with Crippen LogP contribution in [-0.2, 0) is 0 Å². The summed E-state index contributed by atoms with van der Waals surface area (Å²) in [4.78, 5) is 8.17. The molecule has 5 heteroatoms. The molecule has 3 N–H and O–H groups in total. The Morgan fingerprint density at radius 1 is 1.50 bits per heavy atom. The summed E-state index contributed by atoms with van der Waals surface area (Å²) in [6.45, 7) is 0.943. The van der Waals surface area contributed by atoms with Crippen molar-refractivity contribution in [3.63, 3.8) is 0 Å². The predicted octanol–water partition coefficient (Wildman–Crippen LogP) is 1.37. The Morgan fingerprint density at radius 3 is 2.64 bits per heavy atom. The number of anilines is 2. The molecule has 0 bridgehead atoms. The van der Waals surface area contributed by atoms with Gasteiger partial charge in [0.25, 0.3) is 0 Å². The average molecular weight is 210 g/mol. The van der Waals surface area contributed by atoms with Crippen molar-refractivity contribution in [2.75, 3.05) is 23.9 Å². The fraction of sp³-hybridized carbons (Fsp3) is 0.556. The van der Waals surface area contributed by atoms with E-state index in [4.69, 9.17) is 5.73 Å². The minimum atomic E-state index is 0.435. The predicted molar refractivity (Wildman–Crippen MR) is 60.4 cm³/mol. The fourth-order valence-electron chi connectivity index (χ4n) is 1.26. The molecule has 1 aliphatic rings. The second-order valence-electron chi connectivity index (χ2n) is 3.58. The van der Waals surface area contributed by atoms with Gasteiger partial charge in [-0.2, -0.15) is 11.8 Å². The molecule has 1 aliphatic carbocycles. The van der Waals surface area contributed by atoms with Crippen LogP contribution in [0.25, 0.3) is 0 Å². The number of rotatable bonds is 4. The number of hydrogen-bond donors (Lipinski definition) is 2. The van der Waals surface area contributed by atoms with Crippen molar-refractivity contribution >= 4 is 23.4 Å². The number of nitrogens with two attached hydrogens (primary N) is 1. The molecule has 76 valence electrons. The lowest BCUT2D eigenvalue weighted by molar-refractivity contribution is 0.927. The third kappa shape index (κ3) is 2.09. The standard InChI is InChI=1S/C9H14N4S/c1-14-9(2-3-9)6-13-8-11-4-7(10)5-12-8/h4-5H,2-3,6,10H2,1H3,(H,11,12,13). The minimum absolute atomic E-state index is 0.435. The maximum Gasteiger partial charge on any atom is 0.222 e. The minimum Gasteiger partial charge on any atom is -0.396 e. The molecule has 1 heterocycles. The Bertz CT molecular complexity index is 307. The van der Waals surface area contributed by atoms with Crippen LogP contribution in [0.3, 0.4) is 0 Å². The first-order valence-electron chi connectivity index (χ1n) is 4.61. The molecular weight excluding hydrogens is 196 g/mol. The third-order valence-electron chi connectivity index (χ3n) is 2.48. The largest absolute Gasteiger partial charge is 0.396 e. The molecule has 1 aromatic heterocycles. The summed E-state index contributed by atoms with van der Waals surface area (Å²) in [7, 11) is 0. The maximum atomic E-state index is 5.49. The van der Waals surface area contributed by atoms with E-state index in [0.717, 1.165) is 6.54 Å². The molecule has 0 spiro atoms. The van der Waals surface area contributed by atoms with Crippen LogP contribution >= 0.6 is 11.8 Å². The lowest BCUT2D eigenvalue weighted by atomic mass is 10.4. The van der Waals surface area contributed by atoms with Gasteiger partial charge in [0.05, 0.1) is 18.1 Å². The van der Waals surface area contributed by atoms with Crippen molar-refractivity contribution in [1.82, 2.24) is 9.97 Å². The van der Waals surface area contributed by atoms with Crippen LogP contribution in [0, 0.1) is 0 Å². The topological polar surface area (TPSA) is 63.8 Å². The van der Waals surface area contributed by atoms with Crippen molar-refractivity contribution in [3.05, 3.63) is 12.4 Å². The first kappa shape index (κ1) is 9.58. The highest BCUT2D eigenvalue weighted by Gasteiger charge is 2.41. The second-order valence-corrected chi connectivity index (χ2v) is 4.85. The van der Waals surface area contributed by atoms with Gasteiger partial charge in [-0.05, 0) is 19.1 Å². The van der Waals surface area contributed by atoms with E-state index in [1.807, 2.05) is 11.8 Å². The van der Waals surface area contributed by atoms with Crippen molar-refractivity contribution in [1.29, 1.82) is 0 Å². The highest BCUT2D eigenvalue weighted by atomic mass is 32.2. The van der Waals surface area contributed by atoms with Gasteiger partial charge in [0.2, 0.25) is 5.95 Å². The van der Waals surface area contributed by atoms with E-state index >= 15 is 0 Å². The van der Waals surface area contributed by atoms with E-state index < -0.39 is 0 Å². The molecule has 0 aromatic carbocycles. The molecule has 0 aliphatic heterocycles. The molecule has 0 atom stereocenters. The van der Waals surface area contributed by atoms with Crippen LogP contribution in [0.1, 0.15) is 12.8 Å². The van der Waals surface area contributed by atoms with Crippen molar-refractivity contribution in [2.45, 2.75) is 17.6 Å². The summed E-state index contributed by atoms with van der Waals surface area (Å²) in [6, 6.07) is 0. The molecule has 2 rings (SSSR count). The van der Waals surface area contributed by atoms with Gasteiger partial charge in [-0.1, -0.05) is 0 Å². The number of nitrogens with zero attached hydrogens (tertiary/aromatic N) is 2. The molecular formula is C9H14N4S. The normalized spacial score (nSPS) is 17.8. The van der Waals surface area contributed by atoms with Crippen molar-refractivity contribution in [3.8, 4) is 0 Å². The van der Waals surface area contributed by atoms with Crippen LogP contribution in [0.15, 0.2) is 12.4 Å². The Morgan fingerprint density at radius 2 is 2.14 bits per heavy atom. The van der Waals surface area contributed by atoms with Crippen LogP contribution in [0.4, 0.5) is 11.6 Å². The SMILES string of the molecule is CSC1(CNc2ncc(N)cn2)CC1. The molecule has 1 saturated carbocycles. The van der Waals surface area contributed by atoms with Crippen molar-refractivity contribution in [2.24, 2.45) is 0 Å². The molecule has 0 radical (unpaired) electrons. The van der Waals surface area contributed by atoms with Crippen LogP contribution in [0.5, 0.6) is 0 Å². The molecule has 0 saturated heterocycles. The Labute approximate surface area is 87.7 Å². The molecule has 0 amide bonds. The van der Waals surface area contributed by atoms with Crippen LogP contribution < -0.4 is 11.1 Å². The molecule has 0 unspecified atom stereocenters. The van der Waals surface area contributed by atoms with Gasteiger partial charge in [-0.25, -0.2) is 9.97 Å². The number of aromatic nitrogens is 2. The zero-order chi connectivity index (χ0) is 10.0. The van der Waals surface area contributed by atoms with E-state index in [9.17, 15) is 0 Å². The van der Waals surface area contributed by atoms with Gasteiger partial charge >= 0.3 is 0 Å². The van der Waals surface area contributed by atoms with Crippen LogP contribution in [0.2, 0.25) is 0 Å². The zero-order valence-electron chi connectivity index (χ0n) is 8.16. The van der Waals surface area contributed by atoms with E-state index in [1.165, 1.54) is 12.8 Å². The van der Waals surface area contributed by atoms with Gasteiger partial charge in [0, 0.05) is 11.3 Å². The summed E-state index contributed by atoms with van der Waals surface area (Å²) in [5.41, 5.74) is 6.09.